The van der Waals surface area contributed by atoms with Gasteiger partial charge in [0.1, 0.15) is 22.8 Å². The first-order chi connectivity index (χ1) is 16.6. The third-order valence-corrected chi connectivity index (χ3v) is 5.11. The van der Waals surface area contributed by atoms with E-state index in [0.29, 0.717) is 38.6 Å². The van der Waals surface area contributed by atoms with E-state index >= 15 is 0 Å². The molecule has 0 aromatic carbocycles. The normalized spacial score (nSPS) is 12.1. The number of alkyl halides is 3. The third-order valence-electron chi connectivity index (χ3n) is 4.83. The van der Waals surface area contributed by atoms with Crippen molar-refractivity contribution in [1.82, 2.24) is 24.9 Å². The Kier molecular flexibility index (Phi) is 7.27. The van der Waals surface area contributed by atoms with Crippen LogP contribution in [-0.2, 0) is 10.4 Å². The van der Waals surface area contributed by atoms with Gasteiger partial charge in [-0.15, -0.1) is 0 Å². The van der Waals surface area contributed by atoms with Crippen molar-refractivity contribution in [2.24, 2.45) is 0 Å². The molecule has 4 heterocycles. The van der Waals surface area contributed by atoms with Gasteiger partial charge < -0.3 is 20.5 Å². The summed E-state index contributed by atoms with van der Waals surface area (Å²) in [6.45, 7) is 7.24. The summed E-state index contributed by atoms with van der Waals surface area (Å²) in [5.41, 5.74) is 7.64. The number of aliphatic hydroxyl groups is 1. The Hall–Kier alpha value is -3.71. The Bertz CT molecular complexity index is 1400. The standard InChI is InChI=1S/C20H21ClN6O2.C2HF3O2/c1-10(2)27-17-11(21)9-24-19(22)14(17)15(25-27)16-13(12-7-5-6-8-23-12)18(29-26-16)20(3,4)28;3-2(4,5)1(6)7/h5-10,28H,1-4H3,(H2,22,24);(H,6,7). The van der Waals surface area contributed by atoms with Crippen LogP contribution in [0.25, 0.3) is 33.5 Å². The minimum absolute atomic E-state index is 0.0181. The summed E-state index contributed by atoms with van der Waals surface area (Å²) >= 11 is 6.44. The van der Waals surface area contributed by atoms with E-state index in [0.717, 1.165) is 0 Å². The molecule has 4 N–H and O–H groups in total. The molecule has 4 aromatic rings. The van der Waals surface area contributed by atoms with Gasteiger partial charge in [-0.1, -0.05) is 22.8 Å². The predicted molar refractivity (Wildman–Crippen MR) is 125 cm³/mol. The Labute approximate surface area is 207 Å². The van der Waals surface area contributed by atoms with Crippen LogP contribution in [0.15, 0.2) is 35.1 Å². The van der Waals surface area contributed by atoms with Gasteiger partial charge in [0.2, 0.25) is 0 Å². The molecule has 10 nitrogen and oxygen atoms in total. The predicted octanol–water partition coefficient (Wildman–Crippen LogP) is 4.83. The van der Waals surface area contributed by atoms with Crippen molar-refractivity contribution in [3.05, 3.63) is 41.4 Å². The van der Waals surface area contributed by atoms with E-state index in [2.05, 4.69) is 15.1 Å². The van der Waals surface area contributed by atoms with Crippen LogP contribution in [0.4, 0.5) is 19.0 Å². The molecule has 0 aliphatic carbocycles. The molecule has 0 aliphatic rings. The number of fused-ring (bicyclic) bond motifs is 1. The molecule has 192 valence electrons. The van der Waals surface area contributed by atoms with E-state index in [1.54, 1.807) is 24.7 Å². The highest BCUT2D eigenvalue weighted by molar-refractivity contribution is 6.35. The number of pyridine rings is 2. The maximum Gasteiger partial charge on any atom is 0.490 e. The van der Waals surface area contributed by atoms with Crippen LogP contribution in [0.2, 0.25) is 5.02 Å². The fourth-order valence-corrected chi connectivity index (χ4v) is 3.54. The van der Waals surface area contributed by atoms with Gasteiger partial charge in [-0.2, -0.15) is 18.3 Å². The van der Waals surface area contributed by atoms with Gasteiger partial charge >= 0.3 is 12.1 Å². The Balaban J connectivity index is 0.000000454. The van der Waals surface area contributed by atoms with Crippen LogP contribution in [0.3, 0.4) is 0 Å². The van der Waals surface area contributed by atoms with E-state index in [1.807, 2.05) is 32.0 Å². The van der Waals surface area contributed by atoms with E-state index in [4.69, 9.17) is 36.9 Å². The first-order valence-electron chi connectivity index (χ1n) is 10.4. The molecule has 0 saturated heterocycles. The van der Waals surface area contributed by atoms with Crippen molar-refractivity contribution in [2.45, 2.75) is 45.5 Å². The number of hydrogen-bond donors (Lipinski definition) is 3. The molecule has 0 unspecified atom stereocenters. The Morgan fingerprint density at radius 2 is 1.83 bits per heavy atom. The number of hydrogen-bond acceptors (Lipinski definition) is 8. The zero-order valence-corrected chi connectivity index (χ0v) is 20.3. The fourth-order valence-electron chi connectivity index (χ4n) is 3.31. The molecule has 0 radical (unpaired) electrons. The number of anilines is 1. The second-order valence-corrected chi connectivity index (χ2v) is 8.82. The topological polar surface area (TPSA) is 153 Å². The number of aliphatic carboxylic acids is 1. The molecule has 0 amide bonds. The SMILES string of the molecule is CC(C)n1nc(-c2noc(C(C)(C)O)c2-c2ccccn2)c2c(N)ncc(Cl)c21.O=C(O)C(F)(F)F. The minimum Gasteiger partial charge on any atom is -0.475 e. The summed E-state index contributed by atoms with van der Waals surface area (Å²) in [6, 6.07) is 5.50. The van der Waals surface area contributed by atoms with Gasteiger partial charge in [-0.25, -0.2) is 9.78 Å². The van der Waals surface area contributed by atoms with Gasteiger partial charge in [0.25, 0.3) is 0 Å². The molecule has 0 atom stereocenters. The highest BCUT2D eigenvalue weighted by atomic mass is 35.5. The summed E-state index contributed by atoms with van der Waals surface area (Å²) in [4.78, 5) is 17.5. The quantitative estimate of drug-likeness (QED) is 0.339. The van der Waals surface area contributed by atoms with Crippen LogP contribution in [-0.4, -0.2) is 47.3 Å². The highest BCUT2D eigenvalue weighted by Crippen LogP contribution is 2.42. The molecule has 0 fully saturated rings. The smallest absolute Gasteiger partial charge is 0.475 e. The summed E-state index contributed by atoms with van der Waals surface area (Å²) in [5.74, 6) is -2.19. The largest absolute Gasteiger partial charge is 0.490 e. The lowest BCUT2D eigenvalue weighted by atomic mass is 9.96. The lowest BCUT2D eigenvalue weighted by Gasteiger charge is -2.15. The average Bonchev–Trinajstić information content (AvgIpc) is 3.39. The lowest BCUT2D eigenvalue weighted by molar-refractivity contribution is -0.192. The second kappa shape index (κ2) is 9.74. The number of nitrogens with two attached hydrogens (primary N) is 1. The molecular weight excluding hydrogens is 505 g/mol. The van der Waals surface area contributed by atoms with Gasteiger partial charge in [0.05, 0.1) is 33.4 Å². The van der Waals surface area contributed by atoms with Crippen LogP contribution in [0, 0.1) is 0 Å². The number of carbonyl (C=O) groups is 1. The van der Waals surface area contributed by atoms with Crippen LogP contribution < -0.4 is 5.73 Å². The van der Waals surface area contributed by atoms with Crippen molar-refractivity contribution >= 4 is 34.3 Å². The van der Waals surface area contributed by atoms with Gasteiger partial charge in [-0.05, 0) is 39.8 Å². The number of carboxylic acids is 1. The number of rotatable bonds is 4. The van der Waals surface area contributed by atoms with E-state index in [9.17, 15) is 18.3 Å². The van der Waals surface area contributed by atoms with Gasteiger partial charge in [0, 0.05) is 12.2 Å². The summed E-state index contributed by atoms with van der Waals surface area (Å²) in [6.07, 6.45) is -1.91. The van der Waals surface area contributed by atoms with E-state index < -0.39 is 17.7 Å². The average molecular weight is 527 g/mol. The summed E-state index contributed by atoms with van der Waals surface area (Å²) < 4.78 is 39.1. The first kappa shape index (κ1) is 26.9. The number of nitrogen functional groups attached to an aromatic ring is 1. The summed E-state index contributed by atoms with van der Waals surface area (Å²) in [7, 11) is 0. The van der Waals surface area contributed by atoms with Crippen molar-refractivity contribution in [3.63, 3.8) is 0 Å². The monoisotopic (exact) mass is 526 g/mol. The molecule has 0 spiro atoms. The second-order valence-electron chi connectivity index (χ2n) is 8.41. The zero-order chi connectivity index (χ0) is 27.0. The minimum atomic E-state index is -5.08. The molecule has 4 rings (SSSR count). The van der Waals surface area contributed by atoms with Crippen molar-refractivity contribution < 1.29 is 32.7 Å². The third kappa shape index (κ3) is 5.26. The number of aromatic nitrogens is 5. The number of halogens is 4. The van der Waals surface area contributed by atoms with Gasteiger partial charge in [-0.3, -0.25) is 9.67 Å². The summed E-state index contributed by atoms with van der Waals surface area (Å²) in [5, 5.41) is 27.8. The zero-order valence-electron chi connectivity index (χ0n) is 19.5. The van der Waals surface area contributed by atoms with E-state index in [-0.39, 0.29) is 17.6 Å². The fraction of sp³-hybridized carbons (Fsp3) is 0.318. The van der Waals surface area contributed by atoms with Crippen LogP contribution >= 0.6 is 11.6 Å². The van der Waals surface area contributed by atoms with Crippen molar-refractivity contribution in [2.75, 3.05) is 5.73 Å². The molecular formula is C22H22ClF3N6O4. The maximum absolute atomic E-state index is 10.7. The molecule has 14 heteroatoms. The molecule has 4 aromatic heterocycles. The van der Waals surface area contributed by atoms with Crippen molar-refractivity contribution in [1.29, 1.82) is 0 Å². The van der Waals surface area contributed by atoms with Crippen molar-refractivity contribution in [3.8, 4) is 22.6 Å². The lowest BCUT2D eigenvalue weighted by Crippen LogP contribution is -2.21. The molecule has 0 bridgehead atoms. The highest BCUT2D eigenvalue weighted by Gasteiger charge is 2.38. The number of nitrogens with zero attached hydrogens (tertiary/aromatic N) is 5. The molecule has 0 aliphatic heterocycles. The maximum atomic E-state index is 10.7. The van der Waals surface area contributed by atoms with Gasteiger partial charge in [0.15, 0.2) is 5.76 Å². The van der Waals surface area contributed by atoms with Crippen LogP contribution in [0.5, 0.6) is 0 Å². The number of carboxylic acid groups (broad SMARTS) is 1. The molecule has 36 heavy (non-hydrogen) atoms. The van der Waals surface area contributed by atoms with E-state index in [1.165, 1.54) is 6.20 Å². The first-order valence-corrected chi connectivity index (χ1v) is 10.8. The Morgan fingerprint density at radius 1 is 1.19 bits per heavy atom. The van der Waals surface area contributed by atoms with Crippen LogP contribution in [0.1, 0.15) is 39.5 Å². The molecule has 0 saturated carbocycles. The Morgan fingerprint density at radius 3 is 2.33 bits per heavy atom.